The van der Waals surface area contributed by atoms with Crippen LogP contribution in [0.15, 0.2) is 12.4 Å². The zero-order chi connectivity index (χ0) is 13.1. The average molecular weight is 266 g/mol. The summed E-state index contributed by atoms with van der Waals surface area (Å²) in [5, 5.41) is 4.19. The number of hydrogen-bond donors (Lipinski definition) is 2. The number of hydrazine groups is 1. The van der Waals surface area contributed by atoms with Crippen molar-refractivity contribution in [1.29, 1.82) is 0 Å². The summed E-state index contributed by atoms with van der Waals surface area (Å²) in [6, 6.07) is -0.155. The minimum Gasteiger partial charge on any atom is -0.334 e. The molecule has 98 valence electrons. The molecule has 0 aliphatic carbocycles. The first-order valence-corrected chi connectivity index (χ1v) is 6.75. The fraction of sp³-hybridized carbons (Fsp3) is 0.545. The lowest BCUT2D eigenvalue weighted by atomic mass is 10.1. The summed E-state index contributed by atoms with van der Waals surface area (Å²) >= 11 is 1.37. The Kier molecular flexibility index (Phi) is 4.05. The minimum absolute atomic E-state index is 0.155. The van der Waals surface area contributed by atoms with Crippen molar-refractivity contribution in [2.75, 3.05) is 0 Å². The van der Waals surface area contributed by atoms with Gasteiger partial charge in [0.2, 0.25) is 0 Å². The first-order valence-electron chi connectivity index (χ1n) is 5.98. The van der Waals surface area contributed by atoms with Gasteiger partial charge in [-0.15, -0.1) is 5.10 Å². The van der Waals surface area contributed by atoms with E-state index in [0.29, 0.717) is 5.92 Å². The van der Waals surface area contributed by atoms with Gasteiger partial charge in [-0.1, -0.05) is 18.3 Å². The van der Waals surface area contributed by atoms with Crippen molar-refractivity contribution in [3.63, 3.8) is 0 Å². The lowest BCUT2D eigenvalue weighted by molar-refractivity contribution is 0.560. The molecule has 0 saturated heterocycles. The lowest BCUT2D eigenvalue weighted by Gasteiger charge is -2.16. The average Bonchev–Trinajstić information content (AvgIpc) is 2.98. The van der Waals surface area contributed by atoms with Crippen LogP contribution in [0.5, 0.6) is 0 Å². The van der Waals surface area contributed by atoms with Crippen molar-refractivity contribution in [2.45, 2.75) is 39.3 Å². The minimum atomic E-state index is -0.155. The van der Waals surface area contributed by atoms with Crippen LogP contribution in [0.4, 0.5) is 0 Å². The normalized spacial score (nSPS) is 13.2. The van der Waals surface area contributed by atoms with E-state index in [0.717, 1.165) is 22.9 Å². The van der Waals surface area contributed by atoms with E-state index in [4.69, 9.17) is 5.84 Å². The predicted octanol–water partition coefficient (Wildman–Crippen LogP) is 1.43. The van der Waals surface area contributed by atoms with Gasteiger partial charge >= 0.3 is 0 Å². The fourth-order valence-electron chi connectivity index (χ4n) is 1.92. The van der Waals surface area contributed by atoms with Crippen LogP contribution in [0.3, 0.4) is 0 Å². The molecule has 0 radical (unpaired) electrons. The number of nitrogens with one attached hydrogen (secondary N) is 1. The Labute approximate surface area is 110 Å². The van der Waals surface area contributed by atoms with Crippen molar-refractivity contribution < 1.29 is 0 Å². The van der Waals surface area contributed by atoms with Gasteiger partial charge in [-0.25, -0.2) is 10.4 Å². The number of imidazole rings is 1. The smallest absolute Gasteiger partial charge is 0.132 e. The van der Waals surface area contributed by atoms with E-state index >= 15 is 0 Å². The molecule has 0 fully saturated rings. The molecule has 18 heavy (non-hydrogen) atoms. The number of aromatic nitrogens is 4. The Morgan fingerprint density at radius 2 is 2.28 bits per heavy atom. The molecule has 3 N–H and O–H groups in total. The van der Waals surface area contributed by atoms with Gasteiger partial charge < -0.3 is 4.57 Å². The maximum Gasteiger partial charge on any atom is 0.132 e. The summed E-state index contributed by atoms with van der Waals surface area (Å²) in [6.07, 6.45) is 3.73. The van der Waals surface area contributed by atoms with Crippen molar-refractivity contribution in [2.24, 2.45) is 5.84 Å². The van der Waals surface area contributed by atoms with Crippen LogP contribution in [0.1, 0.15) is 49.1 Å². The zero-order valence-corrected chi connectivity index (χ0v) is 11.6. The summed E-state index contributed by atoms with van der Waals surface area (Å²) in [4.78, 5) is 5.42. The Balaban J connectivity index is 2.42. The van der Waals surface area contributed by atoms with Crippen molar-refractivity contribution in [3.05, 3.63) is 28.8 Å². The largest absolute Gasteiger partial charge is 0.334 e. The Morgan fingerprint density at radius 1 is 1.50 bits per heavy atom. The third-order valence-electron chi connectivity index (χ3n) is 2.86. The predicted molar refractivity (Wildman–Crippen MR) is 71.1 cm³/mol. The molecule has 7 heteroatoms. The van der Waals surface area contributed by atoms with Gasteiger partial charge in [0.25, 0.3) is 0 Å². The highest BCUT2D eigenvalue weighted by molar-refractivity contribution is 7.05. The first kappa shape index (κ1) is 13.1. The second-order valence-corrected chi connectivity index (χ2v) is 5.13. The van der Waals surface area contributed by atoms with E-state index < -0.39 is 0 Å². The van der Waals surface area contributed by atoms with E-state index in [2.05, 4.69) is 45.3 Å². The molecule has 1 atom stereocenters. The van der Waals surface area contributed by atoms with Gasteiger partial charge in [0.15, 0.2) is 0 Å². The van der Waals surface area contributed by atoms with Crippen LogP contribution in [-0.4, -0.2) is 19.1 Å². The van der Waals surface area contributed by atoms with Gasteiger partial charge in [-0.2, -0.15) is 0 Å². The topological polar surface area (TPSA) is 81.7 Å². The maximum absolute atomic E-state index is 5.70. The maximum atomic E-state index is 5.70. The molecule has 0 aliphatic heterocycles. The quantitative estimate of drug-likeness (QED) is 0.632. The molecule has 1 unspecified atom stereocenters. The van der Waals surface area contributed by atoms with Crippen LogP contribution in [0, 0.1) is 0 Å². The number of rotatable bonds is 5. The summed E-state index contributed by atoms with van der Waals surface area (Å²) in [5.74, 6) is 6.91. The molecule has 0 aliphatic rings. The first-order chi connectivity index (χ1) is 8.69. The second kappa shape index (κ2) is 5.55. The number of nitrogens with zero attached hydrogens (tertiary/aromatic N) is 4. The molecule has 2 heterocycles. The van der Waals surface area contributed by atoms with Crippen molar-refractivity contribution in [3.8, 4) is 0 Å². The molecule has 6 nitrogen and oxygen atoms in total. The van der Waals surface area contributed by atoms with Crippen LogP contribution < -0.4 is 11.3 Å². The highest BCUT2D eigenvalue weighted by atomic mass is 32.1. The standard InChI is InChI=1S/C11H18N6S/c1-4-17-6-5-13-11(17)9(14-12)10-8(7(2)3)15-16-18-10/h5-7,9,14H,4,12H2,1-3H3. The second-order valence-electron chi connectivity index (χ2n) is 4.35. The molecule has 0 spiro atoms. The molecular weight excluding hydrogens is 248 g/mol. The van der Waals surface area contributed by atoms with E-state index in [-0.39, 0.29) is 6.04 Å². The highest BCUT2D eigenvalue weighted by Gasteiger charge is 2.24. The number of aryl methyl sites for hydroxylation is 1. The molecule has 0 aromatic carbocycles. The zero-order valence-electron chi connectivity index (χ0n) is 10.8. The molecule has 0 saturated carbocycles. The summed E-state index contributed by atoms with van der Waals surface area (Å²) in [7, 11) is 0. The number of nitrogens with two attached hydrogens (primary N) is 1. The molecule has 2 aromatic rings. The third kappa shape index (κ3) is 2.29. The lowest BCUT2D eigenvalue weighted by Crippen LogP contribution is -2.31. The van der Waals surface area contributed by atoms with Gasteiger partial charge in [0.05, 0.1) is 10.6 Å². The Hall–Kier alpha value is -1.31. The van der Waals surface area contributed by atoms with Gasteiger partial charge in [-0.3, -0.25) is 5.84 Å². The Morgan fingerprint density at radius 3 is 2.89 bits per heavy atom. The van der Waals surface area contributed by atoms with Gasteiger partial charge in [0, 0.05) is 18.9 Å². The van der Waals surface area contributed by atoms with Crippen molar-refractivity contribution in [1.82, 2.24) is 24.6 Å². The van der Waals surface area contributed by atoms with Crippen LogP contribution in [0.25, 0.3) is 0 Å². The van der Waals surface area contributed by atoms with E-state index in [1.165, 1.54) is 11.5 Å². The molecule has 2 aromatic heterocycles. The molecular formula is C11H18N6S. The summed E-state index contributed by atoms with van der Waals surface area (Å²) in [5.41, 5.74) is 3.80. The van der Waals surface area contributed by atoms with Gasteiger partial charge in [-0.05, 0) is 24.4 Å². The fourth-order valence-corrected chi connectivity index (χ4v) is 2.79. The SMILES string of the molecule is CCn1ccnc1C(NN)c1snnc1C(C)C. The summed E-state index contributed by atoms with van der Waals surface area (Å²) < 4.78 is 6.10. The van der Waals surface area contributed by atoms with Gasteiger partial charge in [0.1, 0.15) is 11.9 Å². The molecule has 2 rings (SSSR count). The third-order valence-corrected chi connectivity index (χ3v) is 3.67. The molecule has 0 bridgehead atoms. The highest BCUT2D eigenvalue weighted by Crippen LogP contribution is 2.29. The Bertz CT molecular complexity index is 503. The monoisotopic (exact) mass is 266 g/mol. The van der Waals surface area contributed by atoms with Crippen LogP contribution in [0.2, 0.25) is 0 Å². The van der Waals surface area contributed by atoms with Crippen LogP contribution >= 0.6 is 11.5 Å². The number of hydrogen-bond acceptors (Lipinski definition) is 6. The van der Waals surface area contributed by atoms with Crippen LogP contribution in [-0.2, 0) is 6.54 Å². The molecule has 0 amide bonds. The summed E-state index contributed by atoms with van der Waals surface area (Å²) in [6.45, 7) is 7.13. The van der Waals surface area contributed by atoms with E-state index in [1.807, 2.05) is 6.20 Å². The van der Waals surface area contributed by atoms with E-state index in [1.54, 1.807) is 6.20 Å². The van der Waals surface area contributed by atoms with E-state index in [9.17, 15) is 0 Å². The van der Waals surface area contributed by atoms with Crippen molar-refractivity contribution >= 4 is 11.5 Å².